The van der Waals surface area contributed by atoms with Gasteiger partial charge in [0.15, 0.2) is 0 Å². The zero-order valence-electron chi connectivity index (χ0n) is 11.0. The molecule has 19 heavy (non-hydrogen) atoms. The lowest BCUT2D eigenvalue weighted by atomic mass is 10.1. The molecule has 0 spiro atoms. The Morgan fingerprint density at radius 2 is 2.11 bits per heavy atom. The third kappa shape index (κ3) is 1.52. The Balaban J connectivity index is 2.18. The molecule has 1 atom stereocenters. The fourth-order valence-corrected chi connectivity index (χ4v) is 2.76. The predicted octanol–water partition coefficient (Wildman–Crippen LogP) is 2.54. The number of hydrogen-bond donors (Lipinski definition) is 1. The summed E-state index contributed by atoms with van der Waals surface area (Å²) >= 11 is 0. The van der Waals surface area contributed by atoms with Crippen LogP contribution in [0.1, 0.15) is 28.4 Å². The van der Waals surface area contributed by atoms with Crippen molar-refractivity contribution in [2.24, 2.45) is 0 Å². The van der Waals surface area contributed by atoms with E-state index in [2.05, 4.69) is 6.07 Å². The van der Waals surface area contributed by atoms with Crippen molar-refractivity contribution in [2.45, 2.75) is 19.9 Å². The van der Waals surface area contributed by atoms with Gasteiger partial charge in [-0.15, -0.1) is 0 Å². The van der Waals surface area contributed by atoms with Crippen molar-refractivity contribution in [3.05, 3.63) is 46.6 Å². The minimum Gasteiger partial charge on any atom is -0.491 e. The molecule has 0 saturated heterocycles. The van der Waals surface area contributed by atoms with Gasteiger partial charge in [-0.1, -0.05) is 18.2 Å². The average Bonchev–Trinajstić information content (AvgIpc) is 2.91. The molecule has 1 aromatic carbocycles. The van der Waals surface area contributed by atoms with Gasteiger partial charge in [0.25, 0.3) is 0 Å². The van der Waals surface area contributed by atoms with Crippen LogP contribution in [0.2, 0.25) is 0 Å². The molecule has 0 fully saturated rings. The topological polar surface area (TPSA) is 64.0 Å². The van der Waals surface area contributed by atoms with Gasteiger partial charge in [0, 0.05) is 11.3 Å². The van der Waals surface area contributed by atoms with Crippen molar-refractivity contribution in [3.63, 3.8) is 0 Å². The summed E-state index contributed by atoms with van der Waals surface area (Å²) in [6, 6.07) is 10.2. The SMILES string of the molecule is Cc1c(C#N)c(N)n(C2COc3ccccc32)c1C. The molecule has 0 radical (unpaired) electrons. The molecule has 96 valence electrons. The molecule has 2 N–H and O–H groups in total. The second-order valence-electron chi connectivity index (χ2n) is 4.82. The molecular formula is C15H15N3O. The van der Waals surface area contributed by atoms with Crippen LogP contribution < -0.4 is 10.5 Å². The van der Waals surface area contributed by atoms with Gasteiger partial charge >= 0.3 is 0 Å². The van der Waals surface area contributed by atoms with Gasteiger partial charge in [0.1, 0.15) is 24.2 Å². The normalized spacial score (nSPS) is 16.8. The van der Waals surface area contributed by atoms with Crippen LogP contribution in [0, 0.1) is 25.2 Å². The van der Waals surface area contributed by atoms with Crippen molar-refractivity contribution in [2.75, 3.05) is 12.3 Å². The van der Waals surface area contributed by atoms with Gasteiger partial charge in [0.05, 0.1) is 11.6 Å². The first-order valence-electron chi connectivity index (χ1n) is 6.23. The average molecular weight is 253 g/mol. The van der Waals surface area contributed by atoms with Crippen molar-refractivity contribution in [1.29, 1.82) is 5.26 Å². The van der Waals surface area contributed by atoms with E-state index in [1.807, 2.05) is 42.7 Å². The molecule has 0 bridgehead atoms. The third-order valence-corrected chi connectivity index (χ3v) is 3.89. The molecule has 4 nitrogen and oxygen atoms in total. The van der Waals surface area contributed by atoms with Gasteiger partial charge in [-0.05, 0) is 25.5 Å². The van der Waals surface area contributed by atoms with E-state index < -0.39 is 0 Å². The number of rotatable bonds is 1. The number of aromatic nitrogens is 1. The smallest absolute Gasteiger partial charge is 0.124 e. The quantitative estimate of drug-likeness (QED) is 0.849. The fourth-order valence-electron chi connectivity index (χ4n) is 2.76. The monoisotopic (exact) mass is 253 g/mol. The maximum Gasteiger partial charge on any atom is 0.124 e. The summed E-state index contributed by atoms with van der Waals surface area (Å²) < 4.78 is 7.71. The van der Waals surface area contributed by atoms with E-state index in [4.69, 9.17) is 10.5 Å². The van der Waals surface area contributed by atoms with Crippen LogP contribution in [0.5, 0.6) is 5.75 Å². The standard InChI is InChI=1S/C15H15N3O/c1-9-10(2)18(15(17)12(9)7-16)13-8-19-14-6-4-3-5-11(13)14/h3-6,13H,8,17H2,1-2H3. The Hall–Kier alpha value is -2.41. The van der Waals surface area contributed by atoms with Crippen LogP contribution in [0.4, 0.5) is 5.82 Å². The van der Waals surface area contributed by atoms with E-state index in [0.717, 1.165) is 22.6 Å². The molecule has 3 rings (SSSR count). The highest BCUT2D eigenvalue weighted by atomic mass is 16.5. The Morgan fingerprint density at radius 3 is 2.79 bits per heavy atom. The maximum atomic E-state index is 9.20. The number of ether oxygens (including phenoxy) is 1. The van der Waals surface area contributed by atoms with Gasteiger partial charge in [-0.3, -0.25) is 0 Å². The summed E-state index contributed by atoms with van der Waals surface area (Å²) in [5, 5.41) is 9.20. The van der Waals surface area contributed by atoms with Crippen LogP contribution >= 0.6 is 0 Å². The lowest BCUT2D eigenvalue weighted by Gasteiger charge is -2.16. The second-order valence-corrected chi connectivity index (χ2v) is 4.82. The molecule has 2 heterocycles. The number of nitriles is 1. The van der Waals surface area contributed by atoms with Crippen molar-refractivity contribution in [3.8, 4) is 11.8 Å². The van der Waals surface area contributed by atoms with Gasteiger partial charge < -0.3 is 15.0 Å². The van der Waals surface area contributed by atoms with Crippen LogP contribution in [0.25, 0.3) is 0 Å². The molecule has 1 aromatic heterocycles. The first kappa shape index (κ1) is 11.7. The van der Waals surface area contributed by atoms with Crippen LogP contribution in [0.15, 0.2) is 24.3 Å². The molecule has 4 heteroatoms. The Bertz CT molecular complexity index is 694. The predicted molar refractivity (Wildman–Crippen MR) is 73.1 cm³/mol. The minimum atomic E-state index is 0.0528. The number of para-hydroxylation sites is 1. The lowest BCUT2D eigenvalue weighted by Crippen LogP contribution is -2.16. The van der Waals surface area contributed by atoms with E-state index in [9.17, 15) is 5.26 Å². The number of nitrogens with zero attached hydrogens (tertiary/aromatic N) is 2. The van der Waals surface area contributed by atoms with Gasteiger partial charge in [-0.25, -0.2) is 0 Å². The molecule has 1 aliphatic rings. The molecule has 1 aliphatic heterocycles. The van der Waals surface area contributed by atoms with Crippen LogP contribution in [0.3, 0.4) is 0 Å². The molecule has 0 saturated carbocycles. The van der Waals surface area contributed by atoms with Gasteiger partial charge in [0.2, 0.25) is 0 Å². The molecular weight excluding hydrogens is 238 g/mol. The zero-order chi connectivity index (χ0) is 13.6. The summed E-state index contributed by atoms with van der Waals surface area (Å²) in [6.45, 7) is 4.49. The third-order valence-electron chi connectivity index (χ3n) is 3.89. The summed E-state index contributed by atoms with van der Waals surface area (Å²) in [5.41, 5.74) is 9.81. The molecule has 1 unspecified atom stereocenters. The maximum absolute atomic E-state index is 9.20. The number of anilines is 1. The summed E-state index contributed by atoms with van der Waals surface area (Å²) in [6.07, 6.45) is 0. The highest BCUT2D eigenvalue weighted by molar-refractivity contribution is 5.59. The first-order valence-corrected chi connectivity index (χ1v) is 6.23. The van der Waals surface area contributed by atoms with E-state index in [-0.39, 0.29) is 6.04 Å². The number of nitrogens with two attached hydrogens (primary N) is 1. The first-order chi connectivity index (χ1) is 9.15. The Morgan fingerprint density at radius 1 is 1.37 bits per heavy atom. The number of benzene rings is 1. The number of fused-ring (bicyclic) bond motifs is 1. The molecule has 0 aliphatic carbocycles. The van der Waals surface area contributed by atoms with Gasteiger partial charge in [-0.2, -0.15) is 5.26 Å². The van der Waals surface area contributed by atoms with Crippen molar-refractivity contribution < 1.29 is 4.74 Å². The van der Waals surface area contributed by atoms with Crippen molar-refractivity contribution in [1.82, 2.24) is 4.57 Å². The number of hydrogen-bond acceptors (Lipinski definition) is 3. The molecule has 2 aromatic rings. The second kappa shape index (κ2) is 4.06. The van der Waals surface area contributed by atoms with Crippen molar-refractivity contribution >= 4 is 5.82 Å². The number of nitrogen functional groups attached to an aromatic ring is 1. The van der Waals surface area contributed by atoms with Crippen LogP contribution in [-0.2, 0) is 0 Å². The lowest BCUT2D eigenvalue weighted by molar-refractivity contribution is 0.316. The van der Waals surface area contributed by atoms with Crippen LogP contribution in [-0.4, -0.2) is 11.2 Å². The Kier molecular flexibility index (Phi) is 2.49. The largest absolute Gasteiger partial charge is 0.491 e. The summed E-state index contributed by atoms with van der Waals surface area (Å²) in [5.74, 6) is 1.43. The minimum absolute atomic E-state index is 0.0528. The van der Waals surface area contributed by atoms with E-state index in [1.54, 1.807) is 0 Å². The Labute approximate surface area is 112 Å². The highest BCUT2D eigenvalue weighted by Crippen LogP contribution is 2.38. The van der Waals surface area contributed by atoms with E-state index in [1.165, 1.54) is 0 Å². The fraction of sp³-hybridized carbons (Fsp3) is 0.267. The van der Waals surface area contributed by atoms with E-state index >= 15 is 0 Å². The zero-order valence-corrected chi connectivity index (χ0v) is 11.0. The molecule has 0 amide bonds. The highest BCUT2D eigenvalue weighted by Gasteiger charge is 2.29. The van der Waals surface area contributed by atoms with E-state index in [0.29, 0.717) is 18.0 Å². The summed E-state index contributed by atoms with van der Waals surface area (Å²) in [7, 11) is 0. The summed E-state index contributed by atoms with van der Waals surface area (Å²) in [4.78, 5) is 0.